The lowest BCUT2D eigenvalue weighted by Gasteiger charge is -2.26. The lowest BCUT2D eigenvalue weighted by atomic mass is 9.96. The highest BCUT2D eigenvalue weighted by Crippen LogP contribution is 2.41. The number of fused-ring (bicyclic) bond motifs is 7. The predicted octanol–water partition coefficient (Wildman–Crippen LogP) is 19.8. The number of benzene rings is 11. The summed E-state index contributed by atoms with van der Waals surface area (Å²) in [4.78, 5) is 2.23. The molecule has 0 saturated heterocycles. The molecule has 0 aliphatic rings. The molecule has 0 radical (unpaired) electrons. The van der Waals surface area contributed by atoms with E-state index in [9.17, 15) is 0 Å². The number of para-hydroxylation sites is 2. The van der Waals surface area contributed by atoms with Gasteiger partial charge in [-0.15, -0.1) is 0 Å². The third-order valence-corrected chi connectivity index (χ3v) is 14.5. The molecule has 3 nitrogen and oxygen atoms in total. The second-order valence-electron chi connectivity index (χ2n) is 19.0. The van der Waals surface area contributed by atoms with Gasteiger partial charge in [0.25, 0.3) is 0 Å². The zero-order chi connectivity index (χ0) is 49.5. The van der Waals surface area contributed by atoms with E-state index in [0.29, 0.717) is 0 Å². The van der Waals surface area contributed by atoms with Crippen molar-refractivity contribution in [2.75, 3.05) is 4.90 Å². The molecule has 0 amide bonds. The molecular formula is C71H50N2O. The Morgan fingerprint density at radius 1 is 0.432 bits per heavy atom. The first-order chi connectivity index (χ1) is 36.5. The molecule has 2 aromatic heterocycles. The van der Waals surface area contributed by atoms with Crippen molar-refractivity contribution in [3.8, 4) is 50.2 Å². The number of hydrogen-bond donors (Lipinski definition) is 0. The third-order valence-electron chi connectivity index (χ3n) is 14.5. The minimum absolute atomic E-state index is 0.852. The van der Waals surface area contributed by atoms with Gasteiger partial charge in [0, 0.05) is 44.3 Å². The van der Waals surface area contributed by atoms with Gasteiger partial charge < -0.3 is 13.9 Å². The molecule has 0 unspecified atom stereocenters. The van der Waals surface area contributed by atoms with Crippen LogP contribution >= 0.6 is 0 Å². The van der Waals surface area contributed by atoms with Crippen LogP contribution in [-0.2, 0) is 0 Å². The molecule has 0 aliphatic carbocycles. The van der Waals surface area contributed by atoms with Gasteiger partial charge in [0.1, 0.15) is 11.2 Å². The predicted molar refractivity (Wildman–Crippen MR) is 314 cm³/mol. The first-order valence-electron chi connectivity index (χ1n) is 25.3. The Morgan fingerprint density at radius 3 is 1.76 bits per heavy atom. The standard InChI is InChI=1S/C71H50N2O/c1-48(56-22-13-23-57(46-56)63-28-15-30-68-71(63)65-26-8-10-29-67(65)73(68)60-44-45-70-66(47-60)64-25-9-11-31-69(64)74-70)16-12-17-49(2)72(58-40-36-52(37-41-58)50-18-4-3-5-19-50)59-42-38-53(39-43-59)51-32-34-55(35-33-51)62-27-14-21-54-20-6-7-24-61(54)62/h3-47H,2H2,1H3/b17-12-,48-16+. The van der Waals surface area contributed by atoms with Gasteiger partial charge in [-0.25, -0.2) is 0 Å². The number of aromatic nitrogens is 1. The quantitative estimate of drug-likeness (QED) is 0.121. The lowest BCUT2D eigenvalue weighted by Crippen LogP contribution is -2.14. The van der Waals surface area contributed by atoms with Crippen molar-refractivity contribution in [1.29, 1.82) is 0 Å². The monoisotopic (exact) mass is 946 g/mol. The maximum Gasteiger partial charge on any atom is 0.135 e. The van der Waals surface area contributed by atoms with Crippen LogP contribution < -0.4 is 4.90 Å². The van der Waals surface area contributed by atoms with Gasteiger partial charge in [-0.1, -0.05) is 207 Å². The summed E-state index contributed by atoms with van der Waals surface area (Å²) in [7, 11) is 0. The van der Waals surface area contributed by atoms with E-state index >= 15 is 0 Å². The molecule has 3 heteroatoms. The molecule has 0 bridgehead atoms. The fourth-order valence-corrected chi connectivity index (χ4v) is 10.8. The van der Waals surface area contributed by atoms with E-state index < -0.39 is 0 Å². The Morgan fingerprint density at radius 2 is 0.986 bits per heavy atom. The molecule has 0 spiro atoms. The van der Waals surface area contributed by atoms with Gasteiger partial charge in [-0.05, 0) is 146 Å². The highest BCUT2D eigenvalue weighted by Gasteiger charge is 2.18. The molecule has 2 heterocycles. The summed E-state index contributed by atoms with van der Waals surface area (Å²) >= 11 is 0. The van der Waals surface area contributed by atoms with Crippen molar-refractivity contribution in [3.63, 3.8) is 0 Å². The van der Waals surface area contributed by atoms with Gasteiger partial charge in [0.15, 0.2) is 0 Å². The summed E-state index contributed by atoms with van der Waals surface area (Å²) in [6, 6.07) is 91.3. The van der Waals surface area contributed by atoms with Gasteiger partial charge in [0.05, 0.1) is 11.0 Å². The van der Waals surface area contributed by atoms with E-state index in [1.54, 1.807) is 0 Å². The van der Waals surface area contributed by atoms with Gasteiger partial charge in [0.2, 0.25) is 0 Å². The van der Waals surface area contributed by atoms with Crippen LogP contribution in [0.3, 0.4) is 0 Å². The van der Waals surface area contributed by atoms with Crippen LogP contribution in [0.1, 0.15) is 12.5 Å². The molecule has 13 rings (SSSR count). The number of nitrogens with zero attached hydrogens (tertiary/aromatic N) is 2. The largest absolute Gasteiger partial charge is 0.456 e. The summed E-state index contributed by atoms with van der Waals surface area (Å²) in [6.07, 6.45) is 6.42. The summed E-state index contributed by atoms with van der Waals surface area (Å²) in [5, 5.41) is 7.20. The fourth-order valence-electron chi connectivity index (χ4n) is 10.8. The Kier molecular flexibility index (Phi) is 11.2. The molecule has 0 saturated carbocycles. The van der Waals surface area contributed by atoms with Crippen molar-refractivity contribution in [2.45, 2.75) is 6.92 Å². The second kappa shape index (κ2) is 18.8. The lowest BCUT2D eigenvalue weighted by molar-refractivity contribution is 0.669. The van der Waals surface area contributed by atoms with Crippen molar-refractivity contribution in [1.82, 2.24) is 4.57 Å². The Hall–Kier alpha value is -9.70. The van der Waals surface area contributed by atoms with Gasteiger partial charge >= 0.3 is 0 Å². The number of hydrogen-bond acceptors (Lipinski definition) is 2. The number of allylic oxidation sites excluding steroid dienone is 4. The average Bonchev–Trinajstić information content (AvgIpc) is 4.01. The molecule has 0 N–H and O–H groups in total. The molecule has 74 heavy (non-hydrogen) atoms. The minimum atomic E-state index is 0.852. The number of furan rings is 1. The van der Waals surface area contributed by atoms with Crippen LogP contribution in [0.25, 0.3) is 110 Å². The molecule has 0 fully saturated rings. The van der Waals surface area contributed by atoms with E-state index in [1.165, 1.54) is 66.0 Å². The van der Waals surface area contributed by atoms with Crippen molar-refractivity contribution >= 4 is 71.5 Å². The summed E-state index contributed by atoms with van der Waals surface area (Å²) < 4.78 is 8.61. The smallest absolute Gasteiger partial charge is 0.135 e. The Balaban J connectivity index is 0.800. The molecular weight excluding hydrogens is 897 g/mol. The van der Waals surface area contributed by atoms with Gasteiger partial charge in [-0.3, -0.25) is 0 Å². The molecule has 11 aromatic carbocycles. The Labute approximate surface area is 431 Å². The molecule has 13 aromatic rings. The third kappa shape index (κ3) is 8.07. The van der Waals surface area contributed by atoms with Gasteiger partial charge in [-0.2, -0.15) is 0 Å². The van der Waals surface area contributed by atoms with Crippen LogP contribution in [0.2, 0.25) is 0 Å². The van der Waals surface area contributed by atoms with E-state index in [1.807, 2.05) is 12.1 Å². The van der Waals surface area contributed by atoms with Crippen LogP contribution in [0.5, 0.6) is 0 Å². The van der Waals surface area contributed by atoms with E-state index in [-0.39, 0.29) is 0 Å². The molecule has 0 atom stereocenters. The zero-order valence-corrected chi connectivity index (χ0v) is 41.0. The maximum absolute atomic E-state index is 6.22. The van der Waals surface area contributed by atoms with Crippen LogP contribution in [-0.4, -0.2) is 4.57 Å². The Bertz CT molecular complexity index is 4300. The second-order valence-corrected chi connectivity index (χ2v) is 19.0. The van der Waals surface area contributed by atoms with Crippen molar-refractivity contribution in [2.24, 2.45) is 0 Å². The topological polar surface area (TPSA) is 21.3 Å². The highest BCUT2D eigenvalue weighted by atomic mass is 16.3. The molecule has 350 valence electrons. The highest BCUT2D eigenvalue weighted by molar-refractivity contribution is 6.16. The van der Waals surface area contributed by atoms with E-state index in [2.05, 4.69) is 284 Å². The summed E-state index contributed by atoms with van der Waals surface area (Å²) in [6.45, 7) is 6.84. The van der Waals surface area contributed by atoms with E-state index in [0.717, 1.165) is 66.9 Å². The van der Waals surface area contributed by atoms with Crippen LogP contribution in [0.15, 0.2) is 290 Å². The van der Waals surface area contributed by atoms with Crippen LogP contribution in [0, 0.1) is 0 Å². The van der Waals surface area contributed by atoms with Crippen molar-refractivity contribution < 1.29 is 4.42 Å². The van der Waals surface area contributed by atoms with E-state index in [4.69, 9.17) is 4.42 Å². The minimum Gasteiger partial charge on any atom is -0.456 e. The fraction of sp³-hybridized carbons (Fsp3) is 0.0141. The van der Waals surface area contributed by atoms with Crippen molar-refractivity contribution in [3.05, 3.63) is 291 Å². The average molecular weight is 947 g/mol. The first kappa shape index (κ1) is 44.3. The SMILES string of the molecule is C=C(/C=C\C=C(/C)c1cccc(-c2cccc3c2c2ccccc2n3-c2ccc3oc4ccccc4c3c2)c1)N(c1ccc(-c2ccccc2)cc1)c1ccc(-c2ccc(-c3cccc4ccccc34)cc2)cc1. The number of anilines is 2. The normalized spacial score (nSPS) is 11.9. The first-order valence-corrected chi connectivity index (χ1v) is 25.3. The maximum atomic E-state index is 6.22. The summed E-state index contributed by atoms with van der Waals surface area (Å²) in [5.41, 5.74) is 20.0. The van der Waals surface area contributed by atoms with Crippen LogP contribution in [0.4, 0.5) is 11.4 Å². The summed E-state index contributed by atoms with van der Waals surface area (Å²) in [5.74, 6) is 0. The number of rotatable bonds is 11. The zero-order valence-electron chi connectivity index (χ0n) is 41.0. The molecule has 0 aliphatic heterocycles.